The number of carbonyl (C=O) groups excluding carboxylic acids is 1. The lowest BCUT2D eigenvalue weighted by Gasteiger charge is -2.18. The van der Waals surface area contributed by atoms with Crippen molar-refractivity contribution >= 4 is 11.6 Å². The molecule has 0 bridgehead atoms. The standard InChI is InChI=1S/C18H15F2N5O2/c1-11(26)14-3-2-4-15-16(14)18(19,20)17(27)24(15)8-12-5-13(7-21-6-12)25-10-22-9-23-25/h2-7,9-11,26H,8H2,1H3/t11-/m0/s1. The predicted octanol–water partition coefficient (Wildman–Crippen LogP) is 2.35. The first-order valence-electron chi connectivity index (χ1n) is 8.19. The molecule has 0 saturated carbocycles. The Hall–Kier alpha value is -3.20. The smallest absolute Gasteiger partial charge is 0.352 e. The summed E-state index contributed by atoms with van der Waals surface area (Å²) >= 11 is 0. The molecule has 7 nitrogen and oxygen atoms in total. The lowest BCUT2D eigenvalue weighted by Crippen LogP contribution is -2.34. The Bertz CT molecular complexity index is 1000. The summed E-state index contributed by atoms with van der Waals surface area (Å²) in [5.41, 5.74) is 0.853. The van der Waals surface area contributed by atoms with E-state index in [0.717, 1.165) is 4.90 Å². The molecule has 9 heteroatoms. The molecule has 27 heavy (non-hydrogen) atoms. The summed E-state index contributed by atoms with van der Waals surface area (Å²) in [6, 6.07) is 6.10. The zero-order valence-electron chi connectivity index (χ0n) is 14.3. The van der Waals surface area contributed by atoms with E-state index < -0.39 is 23.5 Å². The van der Waals surface area contributed by atoms with Gasteiger partial charge in [-0.05, 0) is 30.2 Å². The van der Waals surface area contributed by atoms with Crippen LogP contribution < -0.4 is 4.90 Å². The van der Waals surface area contributed by atoms with Gasteiger partial charge in [0, 0.05) is 6.20 Å². The van der Waals surface area contributed by atoms with E-state index in [1.54, 1.807) is 18.3 Å². The fourth-order valence-corrected chi connectivity index (χ4v) is 3.23. The van der Waals surface area contributed by atoms with Crippen molar-refractivity contribution < 1.29 is 18.7 Å². The number of hydrogen-bond acceptors (Lipinski definition) is 5. The molecule has 1 aliphatic heterocycles. The number of halogens is 2. The van der Waals surface area contributed by atoms with E-state index in [4.69, 9.17) is 0 Å². The molecule has 1 amide bonds. The van der Waals surface area contributed by atoms with E-state index in [-0.39, 0.29) is 17.8 Å². The minimum absolute atomic E-state index is 0.0443. The molecule has 1 N–H and O–H groups in total. The number of fused-ring (bicyclic) bond motifs is 1. The van der Waals surface area contributed by atoms with Gasteiger partial charge in [0.1, 0.15) is 12.7 Å². The van der Waals surface area contributed by atoms with Crippen molar-refractivity contribution in [2.24, 2.45) is 0 Å². The summed E-state index contributed by atoms with van der Waals surface area (Å²) in [6.45, 7) is 1.31. The van der Waals surface area contributed by atoms with Gasteiger partial charge < -0.3 is 10.0 Å². The number of benzene rings is 1. The number of aliphatic hydroxyl groups is 1. The zero-order valence-corrected chi connectivity index (χ0v) is 14.3. The number of rotatable bonds is 4. The second-order valence-electron chi connectivity index (χ2n) is 6.27. The van der Waals surface area contributed by atoms with Gasteiger partial charge in [-0.2, -0.15) is 13.9 Å². The molecule has 0 saturated heterocycles. The number of nitrogens with zero attached hydrogens (tertiary/aromatic N) is 5. The van der Waals surface area contributed by atoms with Crippen molar-refractivity contribution in [2.75, 3.05) is 4.90 Å². The van der Waals surface area contributed by atoms with Crippen LogP contribution in [0.2, 0.25) is 0 Å². The molecule has 2 aromatic heterocycles. The Balaban J connectivity index is 1.74. The van der Waals surface area contributed by atoms with Gasteiger partial charge in [0.2, 0.25) is 0 Å². The third-order valence-electron chi connectivity index (χ3n) is 4.45. The Morgan fingerprint density at radius 2 is 2.07 bits per heavy atom. The van der Waals surface area contributed by atoms with Crippen molar-refractivity contribution in [3.63, 3.8) is 0 Å². The van der Waals surface area contributed by atoms with E-state index in [1.807, 2.05) is 0 Å². The monoisotopic (exact) mass is 371 g/mol. The number of anilines is 1. The van der Waals surface area contributed by atoms with Crippen molar-refractivity contribution in [3.05, 3.63) is 66.0 Å². The van der Waals surface area contributed by atoms with E-state index in [9.17, 15) is 18.7 Å². The third kappa shape index (κ3) is 2.76. The normalized spacial score (nSPS) is 16.4. The maximum atomic E-state index is 14.7. The first kappa shape index (κ1) is 17.2. The maximum absolute atomic E-state index is 14.7. The van der Waals surface area contributed by atoms with Gasteiger partial charge in [-0.25, -0.2) is 9.67 Å². The topological polar surface area (TPSA) is 84.1 Å². The van der Waals surface area contributed by atoms with Gasteiger partial charge in [0.25, 0.3) is 0 Å². The molecule has 0 aliphatic carbocycles. The van der Waals surface area contributed by atoms with E-state index in [1.165, 1.54) is 42.6 Å². The van der Waals surface area contributed by atoms with Crippen LogP contribution >= 0.6 is 0 Å². The maximum Gasteiger partial charge on any atom is 0.352 e. The SMILES string of the molecule is C[C@H](O)c1cccc2c1C(F)(F)C(=O)N2Cc1cncc(-n2cncn2)c1. The summed E-state index contributed by atoms with van der Waals surface area (Å²) < 4.78 is 30.8. The first-order valence-corrected chi connectivity index (χ1v) is 8.19. The summed E-state index contributed by atoms with van der Waals surface area (Å²) in [4.78, 5) is 21.4. The average Bonchev–Trinajstić information content (AvgIpc) is 3.25. The minimum Gasteiger partial charge on any atom is -0.389 e. The van der Waals surface area contributed by atoms with Gasteiger partial charge in [0.15, 0.2) is 0 Å². The highest BCUT2D eigenvalue weighted by molar-refractivity contribution is 6.06. The number of alkyl halides is 2. The lowest BCUT2D eigenvalue weighted by atomic mass is 9.98. The molecule has 3 heterocycles. The summed E-state index contributed by atoms with van der Waals surface area (Å²) in [7, 11) is 0. The number of aliphatic hydroxyl groups excluding tert-OH is 1. The molecule has 1 aromatic carbocycles. The van der Waals surface area contributed by atoms with Gasteiger partial charge in [-0.15, -0.1) is 0 Å². The molecule has 0 fully saturated rings. The van der Waals surface area contributed by atoms with Crippen LogP contribution in [0.3, 0.4) is 0 Å². The Kier molecular flexibility index (Phi) is 3.96. The molecule has 1 atom stereocenters. The highest BCUT2D eigenvalue weighted by Crippen LogP contribution is 2.47. The molecule has 0 unspecified atom stereocenters. The minimum atomic E-state index is -3.69. The molecule has 138 valence electrons. The number of amides is 1. The van der Waals surface area contributed by atoms with Crippen LogP contribution in [0, 0.1) is 0 Å². The number of pyridine rings is 1. The molecule has 3 aromatic rings. The number of aromatic nitrogens is 4. The second kappa shape index (κ2) is 6.20. The van der Waals surface area contributed by atoms with Crippen LogP contribution in [0.25, 0.3) is 5.69 Å². The van der Waals surface area contributed by atoms with Crippen LogP contribution in [0.4, 0.5) is 14.5 Å². The quantitative estimate of drug-likeness (QED) is 0.761. The van der Waals surface area contributed by atoms with Crippen LogP contribution in [-0.2, 0) is 17.3 Å². The van der Waals surface area contributed by atoms with Crippen molar-refractivity contribution in [2.45, 2.75) is 25.5 Å². The number of hydrogen-bond donors (Lipinski definition) is 1. The fraction of sp³-hybridized carbons (Fsp3) is 0.222. The van der Waals surface area contributed by atoms with E-state index >= 15 is 0 Å². The summed E-state index contributed by atoms with van der Waals surface area (Å²) in [5.74, 6) is -5.02. The van der Waals surface area contributed by atoms with Crippen LogP contribution in [0.15, 0.2) is 49.3 Å². The van der Waals surface area contributed by atoms with Crippen molar-refractivity contribution in [1.82, 2.24) is 19.7 Å². The average molecular weight is 371 g/mol. The molecule has 0 spiro atoms. The van der Waals surface area contributed by atoms with E-state index in [0.29, 0.717) is 11.3 Å². The van der Waals surface area contributed by atoms with Crippen molar-refractivity contribution in [3.8, 4) is 5.69 Å². The Morgan fingerprint density at radius 1 is 1.26 bits per heavy atom. The van der Waals surface area contributed by atoms with Crippen LogP contribution in [-0.4, -0.2) is 30.8 Å². The Morgan fingerprint density at radius 3 is 2.78 bits per heavy atom. The predicted molar refractivity (Wildman–Crippen MR) is 91.3 cm³/mol. The van der Waals surface area contributed by atoms with Gasteiger partial charge in [-0.3, -0.25) is 9.78 Å². The Labute approximate surface area is 152 Å². The van der Waals surface area contributed by atoms with Gasteiger partial charge in [-0.1, -0.05) is 12.1 Å². The summed E-state index contributed by atoms with van der Waals surface area (Å²) in [5, 5.41) is 13.8. The molecule has 1 aliphatic rings. The molecular formula is C18H15F2N5O2. The second-order valence-corrected chi connectivity index (χ2v) is 6.27. The highest BCUT2D eigenvalue weighted by atomic mass is 19.3. The van der Waals surface area contributed by atoms with Crippen molar-refractivity contribution in [1.29, 1.82) is 0 Å². The molecule has 0 radical (unpaired) electrons. The molecular weight excluding hydrogens is 356 g/mol. The van der Waals surface area contributed by atoms with E-state index in [2.05, 4.69) is 15.1 Å². The fourth-order valence-electron chi connectivity index (χ4n) is 3.23. The van der Waals surface area contributed by atoms with Crippen LogP contribution in [0.1, 0.15) is 29.7 Å². The van der Waals surface area contributed by atoms with Gasteiger partial charge in [0.05, 0.1) is 35.8 Å². The summed E-state index contributed by atoms with van der Waals surface area (Å²) in [6.07, 6.45) is 4.79. The zero-order chi connectivity index (χ0) is 19.2. The molecule has 4 rings (SSSR count). The number of carbonyl (C=O) groups is 1. The highest BCUT2D eigenvalue weighted by Gasteiger charge is 2.54. The van der Waals surface area contributed by atoms with Gasteiger partial charge >= 0.3 is 11.8 Å². The lowest BCUT2D eigenvalue weighted by molar-refractivity contribution is -0.141. The first-order chi connectivity index (χ1) is 12.9. The largest absolute Gasteiger partial charge is 0.389 e. The van der Waals surface area contributed by atoms with Crippen LogP contribution in [0.5, 0.6) is 0 Å². The third-order valence-corrected chi connectivity index (χ3v) is 4.45.